The fourth-order valence-electron chi connectivity index (χ4n) is 1.90. The van der Waals surface area contributed by atoms with Crippen LogP contribution in [0.15, 0.2) is 12.3 Å². The van der Waals surface area contributed by atoms with Crippen molar-refractivity contribution >= 4 is 11.7 Å². The summed E-state index contributed by atoms with van der Waals surface area (Å²) in [5.74, 6) is -0.415. The van der Waals surface area contributed by atoms with Gasteiger partial charge in [0.25, 0.3) is 5.91 Å². The van der Waals surface area contributed by atoms with E-state index in [4.69, 9.17) is 0 Å². The fourth-order valence-corrected chi connectivity index (χ4v) is 1.90. The minimum atomic E-state index is -0.541. The van der Waals surface area contributed by atoms with Crippen molar-refractivity contribution in [2.75, 3.05) is 6.54 Å². The number of aryl methyl sites for hydroxylation is 2. The summed E-state index contributed by atoms with van der Waals surface area (Å²) in [5.41, 5.74) is 1.97. The Morgan fingerprint density at radius 3 is 2.71 bits per heavy atom. The highest BCUT2D eigenvalue weighted by Crippen LogP contribution is 2.10. The van der Waals surface area contributed by atoms with Crippen LogP contribution in [-0.4, -0.2) is 36.9 Å². The lowest BCUT2D eigenvalue weighted by Gasteiger charge is -2.04. The molecule has 2 heterocycles. The second-order valence-electron chi connectivity index (χ2n) is 4.65. The molecule has 0 aromatic carbocycles. The van der Waals surface area contributed by atoms with Crippen molar-refractivity contribution in [1.82, 2.24) is 24.9 Å². The molecular weight excluding hydrogens is 276 g/mol. The van der Waals surface area contributed by atoms with Crippen LogP contribution < -0.4 is 5.32 Å². The summed E-state index contributed by atoms with van der Waals surface area (Å²) in [6.45, 7) is 4.23. The van der Waals surface area contributed by atoms with E-state index in [0.717, 1.165) is 5.69 Å². The average Bonchev–Trinajstić information content (AvgIpc) is 2.95. The first-order chi connectivity index (χ1) is 9.90. The molecule has 112 valence electrons. The van der Waals surface area contributed by atoms with Crippen molar-refractivity contribution in [3.8, 4) is 0 Å². The highest BCUT2D eigenvalue weighted by Gasteiger charge is 2.16. The van der Waals surface area contributed by atoms with Crippen LogP contribution in [0.25, 0.3) is 0 Å². The molecule has 1 N–H and O–H groups in total. The number of nitro groups is 1. The fraction of sp³-hybridized carbons (Fsp3) is 0.417. The molecule has 0 bridgehead atoms. The zero-order chi connectivity index (χ0) is 15.6. The Hall–Kier alpha value is -2.71. The minimum absolute atomic E-state index is 0.193. The maximum atomic E-state index is 12.0. The lowest BCUT2D eigenvalue weighted by Crippen LogP contribution is -2.28. The van der Waals surface area contributed by atoms with E-state index < -0.39 is 4.92 Å². The molecule has 9 nitrogen and oxygen atoms in total. The van der Waals surface area contributed by atoms with Crippen molar-refractivity contribution in [2.45, 2.75) is 20.4 Å². The molecule has 1 amide bonds. The van der Waals surface area contributed by atoms with Gasteiger partial charge in [-0.2, -0.15) is 9.78 Å². The number of hydrogen-bond donors (Lipinski definition) is 1. The first-order valence-electron chi connectivity index (χ1n) is 6.35. The van der Waals surface area contributed by atoms with Crippen molar-refractivity contribution in [1.29, 1.82) is 0 Å². The van der Waals surface area contributed by atoms with E-state index >= 15 is 0 Å². The van der Waals surface area contributed by atoms with Gasteiger partial charge in [-0.25, -0.2) is 0 Å². The second-order valence-corrected chi connectivity index (χ2v) is 4.65. The van der Waals surface area contributed by atoms with Gasteiger partial charge in [0.15, 0.2) is 0 Å². The third kappa shape index (κ3) is 3.07. The largest absolute Gasteiger partial charge is 0.390 e. The molecule has 21 heavy (non-hydrogen) atoms. The molecule has 0 spiro atoms. The Kier molecular flexibility index (Phi) is 4.01. The summed E-state index contributed by atoms with van der Waals surface area (Å²) < 4.78 is 3.12. The smallest absolute Gasteiger partial charge is 0.358 e. The maximum absolute atomic E-state index is 12.0. The molecule has 2 aromatic heterocycles. The second kappa shape index (κ2) is 5.73. The van der Waals surface area contributed by atoms with E-state index in [1.54, 1.807) is 18.7 Å². The van der Waals surface area contributed by atoms with E-state index in [1.807, 2.05) is 6.92 Å². The van der Waals surface area contributed by atoms with Crippen LogP contribution in [0.2, 0.25) is 0 Å². The van der Waals surface area contributed by atoms with Gasteiger partial charge in [0.1, 0.15) is 0 Å². The molecule has 0 aliphatic rings. The van der Waals surface area contributed by atoms with Gasteiger partial charge in [-0.05, 0) is 18.8 Å². The SMILES string of the molecule is Cc1c(C(=O)NCCn2nc([N+](=O)[O-])cc2C)cnn1C. The molecule has 0 saturated heterocycles. The molecule has 0 unspecified atom stereocenters. The quantitative estimate of drug-likeness (QED) is 0.640. The predicted octanol–water partition coefficient (Wildman–Crippen LogP) is 0.572. The predicted molar refractivity (Wildman–Crippen MR) is 73.9 cm³/mol. The van der Waals surface area contributed by atoms with E-state index in [0.29, 0.717) is 24.3 Å². The zero-order valence-electron chi connectivity index (χ0n) is 12.0. The molecule has 2 rings (SSSR count). The summed E-state index contributed by atoms with van der Waals surface area (Å²) in [7, 11) is 1.76. The van der Waals surface area contributed by atoms with Crippen LogP contribution in [-0.2, 0) is 13.6 Å². The maximum Gasteiger partial charge on any atom is 0.390 e. The standard InChI is InChI=1S/C12H16N6O3/c1-8-6-11(18(20)21)15-17(8)5-4-13-12(19)10-7-14-16(3)9(10)2/h6-7H,4-5H2,1-3H3,(H,13,19). The van der Waals surface area contributed by atoms with E-state index in [-0.39, 0.29) is 11.7 Å². The van der Waals surface area contributed by atoms with Gasteiger partial charge < -0.3 is 15.4 Å². The highest BCUT2D eigenvalue weighted by molar-refractivity contribution is 5.94. The number of nitrogens with zero attached hydrogens (tertiary/aromatic N) is 5. The lowest BCUT2D eigenvalue weighted by molar-refractivity contribution is -0.389. The normalized spacial score (nSPS) is 10.6. The van der Waals surface area contributed by atoms with Crippen LogP contribution >= 0.6 is 0 Å². The number of rotatable bonds is 5. The Morgan fingerprint density at radius 1 is 1.48 bits per heavy atom. The van der Waals surface area contributed by atoms with Gasteiger partial charge in [-0.3, -0.25) is 9.48 Å². The van der Waals surface area contributed by atoms with Gasteiger partial charge in [-0.1, -0.05) is 0 Å². The molecule has 0 saturated carbocycles. The number of aromatic nitrogens is 4. The van der Waals surface area contributed by atoms with Gasteiger partial charge in [-0.15, -0.1) is 0 Å². The van der Waals surface area contributed by atoms with E-state index in [9.17, 15) is 14.9 Å². The summed E-state index contributed by atoms with van der Waals surface area (Å²) in [5, 5.41) is 21.2. The summed E-state index contributed by atoms with van der Waals surface area (Å²) in [6.07, 6.45) is 1.51. The number of carbonyl (C=O) groups is 1. The zero-order valence-corrected chi connectivity index (χ0v) is 12.0. The molecule has 2 aromatic rings. The Balaban J connectivity index is 1.94. The topological polar surface area (TPSA) is 108 Å². The number of hydrogen-bond acceptors (Lipinski definition) is 5. The Labute approximate surface area is 120 Å². The van der Waals surface area contributed by atoms with Gasteiger partial charge in [0, 0.05) is 19.3 Å². The monoisotopic (exact) mass is 292 g/mol. The minimum Gasteiger partial charge on any atom is -0.358 e. The van der Waals surface area contributed by atoms with E-state index in [2.05, 4.69) is 15.5 Å². The van der Waals surface area contributed by atoms with Crippen LogP contribution in [0.1, 0.15) is 21.7 Å². The number of amides is 1. The van der Waals surface area contributed by atoms with E-state index in [1.165, 1.54) is 16.9 Å². The van der Waals surface area contributed by atoms with Gasteiger partial charge in [0.2, 0.25) is 0 Å². The van der Waals surface area contributed by atoms with Crippen LogP contribution in [0.5, 0.6) is 0 Å². The van der Waals surface area contributed by atoms with Crippen molar-refractivity contribution in [3.05, 3.63) is 39.3 Å². The molecule has 0 radical (unpaired) electrons. The molecule has 0 atom stereocenters. The van der Waals surface area contributed by atoms with Crippen LogP contribution in [0, 0.1) is 24.0 Å². The van der Waals surface area contributed by atoms with Crippen molar-refractivity contribution < 1.29 is 9.72 Å². The molecule has 0 aliphatic heterocycles. The molecule has 0 fully saturated rings. The Bertz CT molecular complexity index is 687. The van der Waals surface area contributed by atoms with Crippen LogP contribution in [0.4, 0.5) is 5.82 Å². The van der Waals surface area contributed by atoms with Crippen molar-refractivity contribution in [2.24, 2.45) is 7.05 Å². The summed E-state index contributed by atoms with van der Waals surface area (Å²) >= 11 is 0. The third-order valence-corrected chi connectivity index (χ3v) is 3.24. The molecule has 0 aliphatic carbocycles. The Morgan fingerprint density at radius 2 is 2.19 bits per heavy atom. The summed E-state index contributed by atoms with van der Waals surface area (Å²) in [4.78, 5) is 22.0. The highest BCUT2D eigenvalue weighted by atomic mass is 16.6. The van der Waals surface area contributed by atoms with Gasteiger partial charge in [0.05, 0.1) is 35.2 Å². The first-order valence-corrected chi connectivity index (χ1v) is 6.35. The third-order valence-electron chi connectivity index (χ3n) is 3.24. The molecular formula is C12H16N6O3. The first kappa shape index (κ1) is 14.7. The number of nitrogens with one attached hydrogen (secondary N) is 1. The lowest BCUT2D eigenvalue weighted by atomic mass is 10.2. The molecule has 9 heteroatoms. The summed E-state index contributed by atoms with van der Waals surface area (Å²) in [6, 6.07) is 1.40. The van der Waals surface area contributed by atoms with Crippen LogP contribution in [0.3, 0.4) is 0 Å². The van der Waals surface area contributed by atoms with Crippen molar-refractivity contribution in [3.63, 3.8) is 0 Å². The number of carbonyl (C=O) groups excluding carboxylic acids is 1. The average molecular weight is 292 g/mol. The van der Waals surface area contributed by atoms with Gasteiger partial charge >= 0.3 is 5.82 Å².